The molecule has 0 aromatic carbocycles. The van der Waals surface area contributed by atoms with Crippen LogP contribution < -0.4 is 10.6 Å². The summed E-state index contributed by atoms with van der Waals surface area (Å²) in [5.41, 5.74) is 0. The van der Waals surface area contributed by atoms with Crippen molar-refractivity contribution in [3.8, 4) is 0 Å². The smallest absolute Gasteiger partial charge is 0.191 e. The molecule has 3 fully saturated rings. The Morgan fingerprint density at radius 2 is 2.00 bits per heavy atom. The predicted octanol–water partition coefficient (Wildman–Crippen LogP) is 1.35. The van der Waals surface area contributed by atoms with Gasteiger partial charge in [0.2, 0.25) is 0 Å². The van der Waals surface area contributed by atoms with Crippen molar-refractivity contribution in [1.29, 1.82) is 0 Å². The fourth-order valence-corrected chi connectivity index (χ4v) is 3.75. The number of hydrogen-bond acceptors (Lipinski definition) is 3. The largest absolute Gasteiger partial charge is 0.355 e. The van der Waals surface area contributed by atoms with Crippen LogP contribution >= 0.6 is 24.0 Å². The second kappa shape index (κ2) is 8.15. The summed E-state index contributed by atoms with van der Waals surface area (Å²) in [5, 5.41) is 7.17. The predicted molar refractivity (Wildman–Crippen MR) is 103 cm³/mol. The van der Waals surface area contributed by atoms with E-state index >= 15 is 0 Å². The zero-order valence-corrected chi connectivity index (χ0v) is 16.5. The summed E-state index contributed by atoms with van der Waals surface area (Å²) in [4.78, 5) is 9.52. The molecule has 1 saturated carbocycles. The van der Waals surface area contributed by atoms with Crippen molar-refractivity contribution >= 4 is 29.9 Å². The summed E-state index contributed by atoms with van der Waals surface area (Å²) >= 11 is 0. The first-order valence-electron chi connectivity index (χ1n) is 8.59. The van der Waals surface area contributed by atoms with E-state index < -0.39 is 0 Å². The minimum Gasteiger partial charge on any atom is -0.355 e. The summed E-state index contributed by atoms with van der Waals surface area (Å²) in [6, 6.07) is 2.08. The summed E-state index contributed by atoms with van der Waals surface area (Å²) in [6.07, 6.45) is 5.43. The Balaban J connectivity index is 0.00000176. The van der Waals surface area contributed by atoms with Crippen LogP contribution in [0.15, 0.2) is 4.99 Å². The lowest BCUT2D eigenvalue weighted by atomic mass is 10.1. The molecule has 0 amide bonds. The third-order valence-electron chi connectivity index (χ3n) is 5.43. The molecule has 0 radical (unpaired) electrons. The Labute approximate surface area is 152 Å². The van der Waals surface area contributed by atoms with Crippen molar-refractivity contribution in [3.05, 3.63) is 0 Å². The van der Waals surface area contributed by atoms with Crippen molar-refractivity contribution in [1.82, 2.24) is 20.4 Å². The van der Waals surface area contributed by atoms with Crippen LogP contribution in [0.1, 0.15) is 32.6 Å². The van der Waals surface area contributed by atoms with E-state index in [1.54, 1.807) is 0 Å². The van der Waals surface area contributed by atoms with E-state index in [1.807, 2.05) is 7.05 Å². The molecule has 3 unspecified atom stereocenters. The highest BCUT2D eigenvalue weighted by Gasteiger charge is 2.38. The SMILES string of the molecule is CN=C(NCC1CCCN1C)NC1CN(C2CC2)CC1C.I. The van der Waals surface area contributed by atoms with E-state index in [0.717, 1.165) is 18.5 Å². The van der Waals surface area contributed by atoms with Crippen LogP contribution in [0.5, 0.6) is 0 Å². The summed E-state index contributed by atoms with van der Waals surface area (Å²) in [6.45, 7) is 7.01. The minimum absolute atomic E-state index is 0. The Morgan fingerprint density at radius 1 is 1.23 bits per heavy atom. The van der Waals surface area contributed by atoms with E-state index in [2.05, 4.69) is 39.4 Å². The van der Waals surface area contributed by atoms with Gasteiger partial charge in [0.1, 0.15) is 0 Å². The maximum Gasteiger partial charge on any atom is 0.191 e. The van der Waals surface area contributed by atoms with Gasteiger partial charge in [0, 0.05) is 44.8 Å². The van der Waals surface area contributed by atoms with Gasteiger partial charge in [-0.05, 0) is 45.2 Å². The molecule has 6 heteroatoms. The second-order valence-corrected chi connectivity index (χ2v) is 7.14. The molecule has 2 saturated heterocycles. The molecule has 0 aromatic rings. The number of guanidine groups is 1. The van der Waals surface area contributed by atoms with Crippen LogP contribution in [0, 0.1) is 5.92 Å². The van der Waals surface area contributed by atoms with Gasteiger partial charge in [-0.25, -0.2) is 0 Å². The molecule has 2 aliphatic heterocycles. The molecule has 3 atom stereocenters. The Hall–Kier alpha value is -0.0800. The summed E-state index contributed by atoms with van der Waals surface area (Å²) < 4.78 is 0. The van der Waals surface area contributed by atoms with E-state index in [1.165, 1.54) is 45.3 Å². The van der Waals surface area contributed by atoms with E-state index in [0.29, 0.717) is 18.0 Å². The van der Waals surface area contributed by atoms with Crippen LogP contribution in [-0.4, -0.2) is 74.2 Å². The van der Waals surface area contributed by atoms with E-state index in [-0.39, 0.29) is 24.0 Å². The van der Waals surface area contributed by atoms with Crippen molar-refractivity contribution in [2.75, 3.05) is 40.3 Å². The molecule has 0 aromatic heterocycles. The van der Waals surface area contributed by atoms with Gasteiger partial charge in [-0.3, -0.25) is 9.89 Å². The minimum atomic E-state index is 0. The standard InChI is InChI=1S/C16H31N5.HI/c1-12-10-21(13-6-7-13)11-15(12)19-16(17-2)18-9-14-5-4-8-20(14)3;/h12-15H,4-11H2,1-3H3,(H2,17,18,19);1H. The number of nitrogens with zero attached hydrogens (tertiary/aromatic N) is 3. The first-order chi connectivity index (χ1) is 10.2. The number of nitrogens with one attached hydrogen (secondary N) is 2. The fourth-order valence-electron chi connectivity index (χ4n) is 3.75. The maximum absolute atomic E-state index is 4.41. The molecule has 22 heavy (non-hydrogen) atoms. The third kappa shape index (κ3) is 4.47. The first-order valence-corrected chi connectivity index (χ1v) is 8.59. The van der Waals surface area contributed by atoms with Crippen LogP contribution in [0.3, 0.4) is 0 Å². The van der Waals surface area contributed by atoms with Gasteiger partial charge >= 0.3 is 0 Å². The quantitative estimate of drug-likeness (QED) is 0.409. The van der Waals surface area contributed by atoms with Crippen molar-refractivity contribution < 1.29 is 0 Å². The molecule has 3 aliphatic rings. The van der Waals surface area contributed by atoms with Crippen LogP contribution in [0.25, 0.3) is 0 Å². The Bertz CT molecular complexity index is 385. The molecule has 128 valence electrons. The van der Waals surface area contributed by atoms with Gasteiger partial charge < -0.3 is 15.5 Å². The fraction of sp³-hybridized carbons (Fsp3) is 0.938. The van der Waals surface area contributed by atoms with Crippen molar-refractivity contribution in [2.24, 2.45) is 10.9 Å². The molecule has 0 bridgehead atoms. The average Bonchev–Trinajstić information content (AvgIpc) is 3.15. The summed E-state index contributed by atoms with van der Waals surface area (Å²) in [7, 11) is 4.11. The van der Waals surface area contributed by atoms with Gasteiger partial charge in [0.05, 0.1) is 0 Å². The Morgan fingerprint density at radius 3 is 2.59 bits per heavy atom. The number of likely N-dealkylation sites (N-methyl/N-ethyl adjacent to an activating group) is 1. The van der Waals surface area contributed by atoms with Crippen molar-refractivity contribution in [2.45, 2.75) is 50.7 Å². The number of hydrogen-bond donors (Lipinski definition) is 2. The van der Waals surface area contributed by atoms with Gasteiger partial charge in [0.25, 0.3) is 0 Å². The Kier molecular flexibility index (Phi) is 6.76. The lowest BCUT2D eigenvalue weighted by Gasteiger charge is -2.24. The van der Waals surface area contributed by atoms with Crippen LogP contribution in [0.2, 0.25) is 0 Å². The summed E-state index contributed by atoms with van der Waals surface area (Å²) in [5.74, 6) is 1.68. The number of aliphatic imine (C=N–C) groups is 1. The monoisotopic (exact) mass is 421 g/mol. The second-order valence-electron chi connectivity index (χ2n) is 7.14. The highest BCUT2D eigenvalue weighted by atomic mass is 127. The molecular weight excluding hydrogens is 389 g/mol. The number of halogens is 1. The lowest BCUT2D eigenvalue weighted by Crippen LogP contribution is -2.49. The molecule has 0 spiro atoms. The average molecular weight is 421 g/mol. The number of rotatable bonds is 4. The van der Waals surface area contributed by atoms with Crippen molar-refractivity contribution in [3.63, 3.8) is 0 Å². The molecule has 2 heterocycles. The lowest BCUT2D eigenvalue weighted by molar-refractivity contribution is 0.308. The third-order valence-corrected chi connectivity index (χ3v) is 5.43. The molecule has 3 rings (SSSR count). The van der Waals surface area contributed by atoms with Gasteiger partial charge in [-0.15, -0.1) is 24.0 Å². The molecule has 2 N–H and O–H groups in total. The normalized spacial score (nSPS) is 33.8. The zero-order chi connectivity index (χ0) is 14.8. The van der Waals surface area contributed by atoms with Crippen LogP contribution in [-0.2, 0) is 0 Å². The maximum atomic E-state index is 4.41. The van der Waals surface area contributed by atoms with E-state index in [4.69, 9.17) is 0 Å². The zero-order valence-electron chi connectivity index (χ0n) is 14.2. The molecular formula is C16H32IN5. The van der Waals surface area contributed by atoms with Crippen LogP contribution in [0.4, 0.5) is 0 Å². The van der Waals surface area contributed by atoms with Gasteiger partial charge in [-0.2, -0.15) is 0 Å². The van der Waals surface area contributed by atoms with E-state index in [9.17, 15) is 0 Å². The van der Waals surface area contributed by atoms with Gasteiger partial charge in [-0.1, -0.05) is 6.92 Å². The van der Waals surface area contributed by atoms with Gasteiger partial charge in [0.15, 0.2) is 5.96 Å². The highest BCUT2D eigenvalue weighted by molar-refractivity contribution is 14.0. The first kappa shape index (κ1) is 18.3. The highest BCUT2D eigenvalue weighted by Crippen LogP contribution is 2.31. The number of likely N-dealkylation sites (tertiary alicyclic amines) is 2. The topological polar surface area (TPSA) is 42.9 Å². The molecule has 5 nitrogen and oxygen atoms in total. The molecule has 1 aliphatic carbocycles.